The van der Waals surface area contributed by atoms with Gasteiger partial charge in [-0.15, -0.1) is 0 Å². The highest BCUT2D eigenvalue weighted by atomic mass is 35.5. The van der Waals surface area contributed by atoms with E-state index >= 15 is 0 Å². The van der Waals surface area contributed by atoms with E-state index in [0.717, 1.165) is 30.9 Å². The molecule has 1 aliphatic heterocycles. The van der Waals surface area contributed by atoms with Crippen molar-refractivity contribution in [1.29, 1.82) is 0 Å². The van der Waals surface area contributed by atoms with Crippen LogP contribution in [0.2, 0.25) is 5.15 Å². The van der Waals surface area contributed by atoms with Gasteiger partial charge >= 0.3 is 0 Å². The lowest BCUT2D eigenvalue weighted by Crippen LogP contribution is -2.30. The van der Waals surface area contributed by atoms with Gasteiger partial charge in [0.15, 0.2) is 5.15 Å². The van der Waals surface area contributed by atoms with Crippen LogP contribution in [0.1, 0.15) is 6.42 Å². The van der Waals surface area contributed by atoms with Gasteiger partial charge in [-0.25, -0.2) is 4.98 Å². The summed E-state index contributed by atoms with van der Waals surface area (Å²) in [5.41, 5.74) is 7.31. The van der Waals surface area contributed by atoms with Crippen LogP contribution < -0.4 is 16.0 Å². The molecule has 1 atom stereocenters. The molecule has 0 amide bonds. The monoisotopic (exact) mass is 307 g/mol. The van der Waals surface area contributed by atoms with Gasteiger partial charge in [0, 0.05) is 38.4 Å². The van der Waals surface area contributed by atoms with Crippen LogP contribution in [-0.4, -0.2) is 45.9 Å². The predicted octanol–water partition coefficient (Wildman–Crippen LogP) is 0.911. The van der Waals surface area contributed by atoms with E-state index in [1.807, 2.05) is 26.4 Å². The lowest BCUT2D eigenvalue weighted by molar-refractivity contribution is 0.616. The number of aryl methyl sites for hydroxylation is 1. The minimum absolute atomic E-state index is 0.246. The molecule has 0 aromatic carbocycles. The summed E-state index contributed by atoms with van der Waals surface area (Å²) in [6.07, 6.45) is 2.91. The van der Waals surface area contributed by atoms with Crippen molar-refractivity contribution in [3.8, 4) is 11.3 Å². The number of hydrogen-bond acceptors (Lipinski definition) is 6. The minimum Gasteiger partial charge on any atom is -0.368 e. The quantitative estimate of drug-likeness (QED) is 0.877. The maximum Gasteiger partial charge on any atom is 0.222 e. The highest BCUT2D eigenvalue weighted by Crippen LogP contribution is 2.29. The van der Waals surface area contributed by atoms with E-state index < -0.39 is 0 Å². The van der Waals surface area contributed by atoms with E-state index in [-0.39, 0.29) is 5.95 Å². The molecular formula is C13H18ClN7. The van der Waals surface area contributed by atoms with Crippen LogP contribution in [0.15, 0.2) is 12.3 Å². The van der Waals surface area contributed by atoms with Crippen molar-refractivity contribution in [3.63, 3.8) is 0 Å². The summed E-state index contributed by atoms with van der Waals surface area (Å²) in [4.78, 5) is 10.8. The summed E-state index contributed by atoms with van der Waals surface area (Å²) in [7, 11) is 3.79. The molecule has 0 bridgehead atoms. The van der Waals surface area contributed by atoms with E-state index in [1.165, 1.54) is 0 Å². The molecule has 21 heavy (non-hydrogen) atoms. The highest BCUT2D eigenvalue weighted by molar-refractivity contribution is 6.32. The summed E-state index contributed by atoms with van der Waals surface area (Å²) < 4.78 is 1.66. The zero-order valence-electron chi connectivity index (χ0n) is 12.0. The van der Waals surface area contributed by atoms with Gasteiger partial charge in [-0.1, -0.05) is 11.6 Å². The Kier molecular flexibility index (Phi) is 3.69. The van der Waals surface area contributed by atoms with E-state index in [0.29, 0.717) is 16.9 Å². The fourth-order valence-electron chi connectivity index (χ4n) is 2.59. The predicted molar refractivity (Wildman–Crippen MR) is 83.3 cm³/mol. The molecule has 1 saturated heterocycles. The van der Waals surface area contributed by atoms with Crippen LogP contribution in [0.3, 0.4) is 0 Å². The maximum atomic E-state index is 6.13. The molecule has 3 heterocycles. The van der Waals surface area contributed by atoms with Crippen LogP contribution in [0.4, 0.5) is 11.8 Å². The lowest BCUT2D eigenvalue weighted by Gasteiger charge is -2.18. The molecule has 7 nitrogen and oxygen atoms in total. The number of rotatable bonds is 3. The fraction of sp³-hybridized carbons (Fsp3) is 0.462. The van der Waals surface area contributed by atoms with Crippen molar-refractivity contribution in [3.05, 3.63) is 17.4 Å². The zero-order valence-corrected chi connectivity index (χ0v) is 12.8. The minimum atomic E-state index is 0.246. The van der Waals surface area contributed by atoms with Crippen LogP contribution in [-0.2, 0) is 7.05 Å². The van der Waals surface area contributed by atoms with Gasteiger partial charge in [0.25, 0.3) is 0 Å². The first-order chi connectivity index (χ1) is 10.1. The Balaban J connectivity index is 1.95. The van der Waals surface area contributed by atoms with Gasteiger partial charge in [-0.05, 0) is 13.5 Å². The molecular weight excluding hydrogens is 290 g/mol. The summed E-state index contributed by atoms with van der Waals surface area (Å²) in [6.45, 7) is 1.86. The number of nitrogens with two attached hydrogens (primary N) is 1. The maximum absolute atomic E-state index is 6.13. The van der Waals surface area contributed by atoms with Crippen molar-refractivity contribution < 1.29 is 0 Å². The molecule has 0 aliphatic carbocycles. The molecule has 0 spiro atoms. The van der Waals surface area contributed by atoms with E-state index in [9.17, 15) is 0 Å². The van der Waals surface area contributed by atoms with Crippen molar-refractivity contribution in [2.45, 2.75) is 12.5 Å². The second kappa shape index (κ2) is 5.50. The van der Waals surface area contributed by atoms with Crippen molar-refractivity contribution in [2.24, 2.45) is 7.05 Å². The normalized spacial score (nSPS) is 18.4. The van der Waals surface area contributed by atoms with E-state index in [4.69, 9.17) is 17.3 Å². The first kappa shape index (κ1) is 14.1. The lowest BCUT2D eigenvalue weighted by atomic mass is 10.2. The molecule has 112 valence electrons. The van der Waals surface area contributed by atoms with Crippen LogP contribution >= 0.6 is 11.6 Å². The van der Waals surface area contributed by atoms with Gasteiger partial charge in [0.05, 0.1) is 11.3 Å². The van der Waals surface area contributed by atoms with E-state index in [1.54, 1.807) is 4.68 Å². The Labute approximate surface area is 128 Å². The molecule has 1 fully saturated rings. The number of hydrogen-bond donors (Lipinski definition) is 2. The molecule has 3 rings (SSSR count). The summed E-state index contributed by atoms with van der Waals surface area (Å²) in [5, 5.41) is 7.83. The number of likely N-dealkylation sites (N-methyl/N-ethyl adjacent to an activating group) is 1. The first-order valence-corrected chi connectivity index (χ1v) is 7.21. The number of nitrogens with one attached hydrogen (secondary N) is 1. The summed E-state index contributed by atoms with van der Waals surface area (Å²) in [5.74, 6) is 1.07. The van der Waals surface area contributed by atoms with Crippen LogP contribution in [0.25, 0.3) is 11.3 Å². The Morgan fingerprint density at radius 1 is 1.43 bits per heavy atom. The second-order valence-corrected chi connectivity index (χ2v) is 5.56. The molecule has 1 unspecified atom stereocenters. The average Bonchev–Trinajstić information content (AvgIpc) is 3.04. The largest absolute Gasteiger partial charge is 0.368 e. The third-order valence-corrected chi connectivity index (χ3v) is 3.99. The molecule has 0 radical (unpaired) electrons. The molecule has 2 aromatic heterocycles. The van der Waals surface area contributed by atoms with E-state index in [2.05, 4.69) is 25.3 Å². The topological polar surface area (TPSA) is 84.9 Å². The van der Waals surface area contributed by atoms with Gasteiger partial charge in [-0.3, -0.25) is 4.68 Å². The fourth-order valence-corrected chi connectivity index (χ4v) is 2.85. The molecule has 1 aliphatic rings. The van der Waals surface area contributed by atoms with Gasteiger partial charge < -0.3 is 16.0 Å². The number of nitrogens with zero attached hydrogens (tertiary/aromatic N) is 5. The number of aromatic nitrogens is 4. The molecule has 3 N–H and O–H groups in total. The van der Waals surface area contributed by atoms with Crippen LogP contribution in [0.5, 0.6) is 0 Å². The second-order valence-electron chi connectivity index (χ2n) is 5.20. The van der Waals surface area contributed by atoms with Crippen molar-refractivity contribution in [1.82, 2.24) is 25.1 Å². The average molecular weight is 308 g/mol. The smallest absolute Gasteiger partial charge is 0.222 e. The van der Waals surface area contributed by atoms with Crippen molar-refractivity contribution >= 4 is 23.4 Å². The Bertz CT molecular complexity index is 654. The van der Waals surface area contributed by atoms with Crippen LogP contribution in [0, 0.1) is 0 Å². The summed E-state index contributed by atoms with van der Waals surface area (Å²) >= 11 is 6.13. The van der Waals surface area contributed by atoms with Gasteiger partial charge in [0.2, 0.25) is 5.95 Å². The Hall–Kier alpha value is -1.86. The standard InChI is InChI=1S/C13H18ClN7/c1-16-8-3-4-21(6-8)11-5-10(17-13(15)18-11)9-7-20(2)19-12(9)14/h5,7-8,16H,3-4,6H2,1-2H3,(H2,15,17,18). The third-order valence-electron chi connectivity index (χ3n) is 3.71. The van der Waals surface area contributed by atoms with Gasteiger partial charge in [-0.2, -0.15) is 10.1 Å². The first-order valence-electron chi connectivity index (χ1n) is 6.83. The number of anilines is 2. The third kappa shape index (κ3) is 2.79. The number of nitrogen functional groups attached to an aromatic ring is 1. The van der Waals surface area contributed by atoms with Crippen molar-refractivity contribution in [2.75, 3.05) is 30.8 Å². The molecule has 8 heteroatoms. The highest BCUT2D eigenvalue weighted by Gasteiger charge is 2.23. The SMILES string of the molecule is CNC1CCN(c2cc(-c3cn(C)nc3Cl)nc(N)n2)C1. The molecule has 2 aromatic rings. The summed E-state index contributed by atoms with van der Waals surface area (Å²) in [6, 6.07) is 2.39. The Morgan fingerprint density at radius 3 is 2.86 bits per heavy atom. The zero-order chi connectivity index (χ0) is 15.0. The number of halogens is 1. The van der Waals surface area contributed by atoms with Gasteiger partial charge in [0.1, 0.15) is 5.82 Å². The Morgan fingerprint density at radius 2 is 2.24 bits per heavy atom. The molecule has 0 saturated carbocycles.